The molecule has 0 bridgehead atoms. The Bertz CT molecular complexity index is 443. The third-order valence-electron chi connectivity index (χ3n) is 2.87. The number of methoxy groups -OCH3 is 1. The second kappa shape index (κ2) is 12.3. The molecular weight excluding hydrogens is 301 g/mol. The van der Waals surface area contributed by atoms with Crippen LogP contribution in [0, 0.1) is 5.82 Å². The molecule has 0 aliphatic carbocycles. The standard InChI is InChI=1S/C16H26FN3OS/c1-3-18-16(19-9-6-11-21-2)20-10-12-22-13-14-7-4-5-8-15(14)17/h4-5,7-8H,3,6,9-13H2,1-2H3,(H2,18,19,20). The van der Waals surface area contributed by atoms with E-state index in [0.717, 1.165) is 49.9 Å². The molecular formula is C16H26FN3OS. The van der Waals surface area contributed by atoms with Crippen molar-refractivity contribution in [1.29, 1.82) is 0 Å². The van der Waals surface area contributed by atoms with E-state index in [9.17, 15) is 4.39 Å². The van der Waals surface area contributed by atoms with Crippen LogP contribution in [0.4, 0.5) is 4.39 Å². The molecule has 1 aromatic carbocycles. The van der Waals surface area contributed by atoms with Crippen LogP contribution in [0.3, 0.4) is 0 Å². The summed E-state index contributed by atoms with van der Waals surface area (Å²) < 4.78 is 18.5. The zero-order valence-corrected chi connectivity index (χ0v) is 14.2. The molecule has 1 aromatic rings. The van der Waals surface area contributed by atoms with Crippen LogP contribution in [-0.4, -0.2) is 45.1 Å². The lowest BCUT2D eigenvalue weighted by atomic mass is 10.2. The van der Waals surface area contributed by atoms with Crippen LogP contribution in [-0.2, 0) is 10.5 Å². The van der Waals surface area contributed by atoms with E-state index in [0.29, 0.717) is 5.75 Å². The minimum Gasteiger partial charge on any atom is -0.385 e. The lowest BCUT2D eigenvalue weighted by Crippen LogP contribution is -2.38. The van der Waals surface area contributed by atoms with Crippen LogP contribution in [0.15, 0.2) is 29.3 Å². The van der Waals surface area contributed by atoms with Gasteiger partial charge in [-0.25, -0.2) is 4.39 Å². The van der Waals surface area contributed by atoms with Crippen LogP contribution in [0.25, 0.3) is 0 Å². The number of ether oxygens (including phenoxy) is 1. The molecule has 0 fully saturated rings. The molecule has 0 saturated carbocycles. The molecule has 0 radical (unpaired) electrons. The number of benzene rings is 1. The first-order valence-corrected chi connectivity index (χ1v) is 8.75. The summed E-state index contributed by atoms with van der Waals surface area (Å²) in [5.41, 5.74) is 0.757. The summed E-state index contributed by atoms with van der Waals surface area (Å²) in [7, 11) is 1.69. The maximum atomic E-state index is 13.5. The summed E-state index contributed by atoms with van der Waals surface area (Å²) in [4.78, 5) is 4.47. The first-order valence-electron chi connectivity index (χ1n) is 7.60. The van der Waals surface area contributed by atoms with Crippen molar-refractivity contribution in [3.8, 4) is 0 Å². The van der Waals surface area contributed by atoms with Gasteiger partial charge < -0.3 is 15.4 Å². The molecule has 4 nitrogen and oxygen atoms in total. The minimum atomic E-state index is -0.129. The molecule has 0 aliphatic heterocycles. The first kappa shape index (κ1) is 18.8. The van der Waals surface area contributed by atoms with Gasteiger partial charge in [0, 0.05) is 44.9 Å². The lowest BCUT2D eigenvalue weighted by molar-refractivity contribution is 0.197. The Morgan fingerprint density at radius 2 is 2.14 bits per heavy atom. The zero-order chi connectivity index (χ0) is 16.0. The summed E-state index contributed by atoms with van der Waals surface area (Å²) in [6.07, 6.45) is 0.912. The summed E-state index contributed by atoms with van der Waals surface area (Å²) in [6.45, 7) is 5.14. The normalized spacial score (nSPS) is 11.5. The third-order valence-corrected chi connectivity index (χ3v) is 3.88. The predicted octanol–water partition coefficient (Wildman–Crippen LogP) is 2.65. The second-order valence-electron chi connectivity index (χ2n) is 4.68. The first-order chi connectivity index (χ1) is 10.8. The third kappa shape index (κ3) is 8.24. The molecule has 0 unspecified atom stereocenters. The number of rotatable bonds is 10. The van der Waals surface area contributed by atoms with Crippen LogP contribution < -0.4 is 10.6 Å². The van der Waals surface area contributed by atoms with Crippen molar-refractivity contribution in [3.05, 3.63) is 35.6 Å². The van der Waals surface area contributed by atoms with Gasteiger partial charge in [-0.15, -0.1) is 0 Å². The van der Waals surface area contributed by atoms with E-state index < -0.39 is 0 Å². The molecule has 2 N–H and O–H groups in total. The van der Waals surface area contributed by atoms with Gasteiger partial charge >= 0.3 is 0 Å². The van der Waals surface area contributed by atoms with E-state index in [1.807, 2.05) is 19.1 Å². The molecule has 1 rings (SSSR count). The summed E-state index contributed by atoms with van der Waals surface area (Å²) in [5, 5.41) is 6.49. The van der Waals surface area contributed by atoms with E-state index in [2.05, 4.69) is 15.6 Å². The SMILES string of the molecule is CCNC(=NCCCOC)NCCSCc1ccccc1F. The molecule has 0 amide bonds. The van der Waals surface area contributed by atoms with Gasteiger partial charge in [-0.3, -0.25) is 4.99 Å². The number of aliphatic imine (C=N–C) groups is 1. The van der Waals surface area contributed by atoms with Gasteiger partial charge in [0.2, 0.25) is 0 Å². The van der Waals surface area contributed by atoms with E-state index in [-0.39, 0.29) is 5.82 Å². The number of hydrogen-bond acceptors (Lipinski definition) is 3. The Labute approximate surface area is 136 Å². The maximum absolute atomic E-state index is 13.5. The van der Waals surface area contributed by atoms with Gasteiger partial charge in [0.1, 0.15) is 5.82 Å². The average Bonchev–Trinajstić information content (AvgIpc) is 2.52. The fraction of sp³-hybridized carbons (Fsp3) is 0.562. The van der Waals surface area contributed by atoms with Gasteiger partial charge in [0.25, 0.3) is 0 Å². The number of hydrogen-bond donors (Lipinski definition) is 2. The lowest BCUT2D eigenvalue weighted by Gasteiger charge is -2.11. The highest BCUT2D eigenvalue weighted by atomic mass is 32.2. The number of nitrogens with one attached hydrogen (secondary N) is 2. The van der Waals surface area contributed by atoms with Crippen molar-refractivity contribution >= 4 is 17.7 Å². The summed E-state index contributed by atoms with van der Waals surface area (Å²) in [5.74, 6) is 2.29. The highest BCUT2D eigenvalue weighted by Crippen LogP contribution is 2.14. The quantitative estimate of drug-likeness (QED) is 0.394. The summed E-state index contributed by atoms with van der Waals surface area (Å²) >= 11 is 1.71. The number of nitrogens with zero attached hydrogens (tertiary/aromatic N) is 1. The molecule has 0 heterocycles. The largest absolute Gasteiger partial charge is 0.385 e. The Morgan fingerprint density at radius 1 is 1.32 bits per heavy atom. The maximum Gasteiger partial charge on any atom is 0.191 e. The molecule has 0 aliphatic rings. The Balaban J connectivity index is 2.21. The van der Waals surface area contributed by atoms with Crippen molar-refractivity contribution in [2.45, 2.75) is 19.1 Å². The fourth-order valence-corrected chi connectivity index (χ4v) is 2.63. The number of halogens is 1. The van der Waals surface area contributed by atoms with E-state index in [1.165, 1.54) is 6.07 Å². The van der Waals surface area contributed by atoms with Gasteiger partial charge in [-0.2, -0.15) is 11.8 Å². The van der Waals surface area contributed by atoms with Crippen LogP contribution in [0.5, 0.6) is 0 Å². The van der Waals surface area contributed by atoms with Gasteiger partial charge in [0.15, 0.2) is 5.96 Å². The van der Waals surface area contributed by atoms with Crippen molar-refractivity contribution < 1.29 is 9.13 Å². The van der Waals surface area contributed by atoms with E-state index >= 15 is 0 Å². The van der Waals surface area contributed by atoms with E-state index in [4.69, 9.17) is 4.74 Å². The monoisotopic (exact) mass is 327 g/mol. The second-order valence-corrected chi connectivity index (χ2v) is 5.78. The van der Waals surface area contributed by atoms with E-state index in [1.54, 1.807) is 24.9 Å². The smallest absolute Gasteiger partial charge is 0.191 e. The molecule has 0 spiro atoms. The number of thioether (sulfide) groups is 1. The molecule has 0 atom stereocenters. The topological polar surface area (TPSA) is 45.7 Å². The highest BCUT2D eigenvalue weighted by molar-refractivity contribution is 7.98. The minimum absolute atomic E-state index is 0.129. The predicted molar refractivity (Wildman–Crippen MR) is 93.0 cm³/mol. The fourth-order valence-electron chi connectivity index (χ4n) is 1.78. The van der Waals surface area contributed by atoms with Crippen molar-refractivity contribution in [3.63, 3.8) is 0 Å². The van der Waals surface area contributed by atoms with Crippen molar-refractivity contribution in [1.82, 2.24) is 10.6 Å². The van der Waals surface area contributed by atoms with Crippen LogP contribution >= 0.6 is 11.8 Å². The van der Waals surface area contributed by atoms with Crippen LogP contribution in [0.2, 0.25) is 0 Å². The average molecular weight is 327 g/mol. The van der Waals surface area contributed by atoms with Crippen molar-refractivity contribution in [2.24, 2.45) is 4.99 Å². The highest BCUT2D eigenvalue weighted by Gasteiger charge is 2.01. The molecule has 6 heteroatoms. The van der Waals surface area contributed by atoms with Crippen molar-refractivity contribution in [2.75, 3.05) is 39.1 Å². The molecule has 124 valence electrons. The van der Waals surface area contributed by atoms with Gasteiger partial charge in [-0.1, -0.05) is 18.2 Å². The number of guanidine groups is 1. The molecule has 0 aromatic heterocycles. The molecule has 0 saturated heterocycles. The summed E-state index contributed by atoms with van der Waals surface area (Å²) in [6, 6.07) is 6.92. The molecule has 22 heavy (non-hydrogen) atoms. The Hall–Kier alpha value is -1.27. The van der Waals surface area contributed by atoms with Gasteiger partial charge in [0.05, 0.1) is 0 Å². The Kier molecular flexibility index (Phi) is 10.5. The Morgan fingerprint density at radius 3 is 2.86 bits per heavy atom. The van der Waals surface area contributed by atoms with Crippen LogP contribution in [0.1, 0.15) is 18.9 Å². The zero-order valence-electron chi connectivity index (χ0n) is 13.4. The van der Waals surface area contributed by atoms with Gasteiger partial charge in [-0.05, 0) is 25.0 Å².